The van der Waals surface area contributed by atoms with Gasteiger partial charge in [-0.2, -0.15) is 0 Å². The van der Waals surface area contributed by atoms with Crippen LogP contribution in [0.25, 0.3) is 0 Å². The van der Waals surface area contributed by atoms with Crippen LogP contribution in [0.5, 0.6) is 0 Å². The van der Waals surface area contributed by atoms with Gasteiger partial charge in [0.15, 0.2) is 0 Å². The molecule has 1 aliphatic rings. The predicted molar refractivity (Wildman–Crippen MR) is 69.9 cm³/mol. The third kappa shape index (κ3) is 3.20. The number of benzene rings is 1. The lowest BCUT2D eigenvalue weighted by molar-refractivity contribution is -0.119. The molecule has 4 heteroatoms. The largest absolute Gasteiger partial charge is 0.400 e. The Bertz CT molecular complexity index is 391. The first kappa shape index (κ1) is 13.5. The summed E-state index contributed by atoms with van der Waals surface area (Å²) in [5.41, 5.74) is 8.52. The van der Waals surface area contributed by atoms with E-state index in [1.807, 2.05) is 30.0 Å². The Morgan fingerprint density at radius 1 is 1.29 bits per heavy atom. The van der Waals surface area contributed by atoms with Crippen molar-refractivity contribution in [3.05, 3.63) is 23.8 Å². The van der Waals surface area contributed by atoms with Gasteiger partial charge in [-0.1, -0.05) is 0 Å². The Kier molecular flexibility index (Phi) is 4.97. The van der Waals surface area contributed by atoms with Gasteiger partial charge in [0.25, 0.3) is 0 Å². The summed E-state index contributed by atoms with van der Waals surface area (Å²) >= 11 is 0. The van der Waals surface area contributed by atoms with Gasteiger partial charge in [0, 0.05) is 31.5 Å². The number of aliphatic hydroxyl groups excluding tert-OH is 1. The average molecular weight is 236 g/mol. The monoisotopic (exact) mass is 236 g/mol. The summed E-state index contributed by atoms with van der Waals surface area (Å²) in [4.78, 5) is 13.6. The second-order valence-corrected chi connectivity index (χ2v) is 4.05. The molecule has 17 heavy (non-hydrogen) atoms. The summed E-state index contributed by atoms with van der Waals surface area (Å²) in [7, 11) is 1.00. The van der Waals surface area contributed by atoms with Gasteiger partial charge >= 0.3 is 0 Å². The standard InChI is InChI=1S/C12H16N2O.CH4O/c1-9-8-10(13)5-6-11(9)14-7-3-2-4-12(14)15;1-2/h5-6,8H,2-4,7,13H2,1H3;2H,1H3. The Morgan fingerprint density at radius 2 is 2.00 bits per heavy atom. The van der Waals surface area contributed by atoms with Crippen molar-refractivity contribution in [3.63, 3.8) is 0 Å². The van der Waals surface area contributed by atoms with E-state index in [9.17, 15) is 4.79 Å². The average Bonchev–Trinajstić information content (AvgIpc) is 2.33. The molecule has 0 unspecified atom stereocenters. The summed E-state index contributed by atoms with van der Waals surface area (Å²) < 4.78 is 0. The fourth-order valence-corrected chi connectivity index (χ4v) is 2.04. The lowest BCUT2D eigenvalue weighted by Crippen LogP contribution is -2.35. The zero-order valence-electron chi connectivity index (χ0n) is 10.4. The number of aliphatic hydroxyl groups is 1. The molecule has 2 rings (SSSR count). The van der Waals surface area contributed by atoms with Crippen LogP contribution in [-0.4, -0.2) is 24.7 Å². The van der Waals surface area contributed by atoms with Gasteiger partial charge in [-0.05, 0) is 43.5 Å². The van der Waals surface area contributed by atoms with Gasteiger partial charge in [0.1, 0.15) is 0 Å². The summed E-state index contributed by atoms with van der Waals surface area (Å²) in [6.07, 6.45) is 2.78. The third-order valence-electron chi connectivity index (χ3n) is 2.84. The Balaban J connectivity index is 0.000000686. The SMILES string of the molecule is CO.Cc1cc(N)ccc1N1CCCCC1=O. The molecule has 1 saturated heterocycles. The number of nitrogens with two attached hydrogens (primary N) is 1. The summed E-state index contributed by atoms with van der Waals surface area (Å²) in [6.45, 7) is 2.83. The van der Waals surface area contributed by atoms with Crippen LogP contribution in [0.4, 0.5) is 11.4 Å². The highest BCUT2D eigenvalue weighted by atomic mass is 16.2. The lowest BCUT2D eigenvalue weighted by Gasteiger charge is -2.28. The molecule has 0 radical (unpaired) electrons. The number of aryl methyl sites for hydroxylation is 1. The highest BCUT2D eigenvalue weighted by Crippen LogP contribution is 2.25. The van der Waals surface area contributed by atoms with E-state index in [0.29, 0.717) is 6.42 Å². The number of amides is 1. The maximum absolute atomic E-state index is 11.7. The Morgan fingerprint density at radius 3 is 2.59 bits per heavy atom. The van der Waals surface area contributed by atoms with E-state index in [0.717, 1.165) is 43.4 Å². The van der Waals surface area contributed by atoms with E-state index in [1.165, 1.54) is 0 Å². The van der Waals surface area contributed by atoms with Crippen molar-refractivity contribution in [2.24, 2.45) is 0 Å². The van der Waals surface area contributed by atoms with Crippen LogP contribution in [0.15, 0.2) is 18.2 Å². The first-order chi connectivity index (χ1) is 8.18. The first-order valence-electron chi connectivity index (χ1n) is 5.80. The first-order valence-corrected chi connectivity index (χ1v) is 5.80. The molecule has 1 amide bonds. The second kappa shape index (κ2) is 6.25. The predicted octanol–water partition coefficient (Wildman–Crippen LogP) is 1.70. The third-order valence-corrected chi connectivity index (χ3v) is 2.84. The van der Waals surface area contributed by atoms with E-state index in [4.69, 9.17) is 10.8 Å². The molecular formula is C13H20N2O2. The highest BCUT2D eigenvalue weighted by molar-refractivity contribution is 5.94. The van der Waals surface area contributed by atoms with E-state index in [2.05, 4.69) is 0 Å². The fourth-order valence-electron chi connectivity index (χ4n) is 2.04. The molecule has 3 N–H and O–H groups in total. The zero-order chi connectivity index (χ0) is 12.8. The van der Waals surface area contributed by atoms with E-state index < -0.39 is 0 Å². The lowest BCUT2D eigenvalue weighted by atomic mass is 10.1. The molecule has 0 spiro atoms. The number of nitrogens with zero attached hydrogens (tertiary/aromatic N) is 1. The van der Waals surface area contributed by atoms with Crippen molar-refractivity contribution >= 4 is 17.3 Å². The number of anilines is 2. The Labute approximate surface area is 102 Å². The number of piperidine rings is 1. The van der Waals surface area contributed by atoms with Crippen LogP contribution >= 0.6 is 0 Å². The quantitative estimate of drug-likeness (QED) is 0.729. The van der Waals surface area contributed by atoms with Crippen molar-refractivity contribution in [1.29, 1.82) is 0 Å². The minimum absolute atomic E-state index is 0.231. The van der Waals surface area contributed by atoms with Crippen molar-refractivity contribution in [2.45, 2.75) is 26.2 Å². The molecule has 94 valence electrons. The normalized spacial score (nSPS) is 15.2. The van der Waals surface area contributed by atoms with Crippen LogP contribution in [-0.2, 0) is 4.79 Å². The van der Waals surface area contributed by atoms with Crippen molar-refractivity contribution < 1.29 is 9.90 Å². The maximum Gasteiger partial charge on any atom is 0.226 e. The number of nitrogen functional groups attached to an aromatic ring is 1. The van der Waals surface area contributed by atoms with Gasteiger partial charge in [-0.15, -0.1) is 0 Å². The van der Waals surface area contributed by atoms with Gasteiger partial charge in [-0.3, -0.25) is 4.79 Å². The number of rotatable bonds is 1. The van der Waals surface area contributed by atoms with Crippen molar-refractivity contribution in [3.8, 4) is 0 Å². The molecule has 1 fully saturated rings. The van der Waals surface area contributed by atoms with E-state index in [1.54, 1.807) is 0 Å². The molecule has 0 bridgehead atoms. The number of hydrogen-bond donors (Lipinski definition) is 2. The molecule has 1 aromatic carbocycles. The molecule has 0 saturated carbocycles. The topological polar surface area (TPSA) is 66.6 Å². The zero-order valence-corrected chi connectivity index (χ0v) is 10.4. The molecule has 0 atom stereocenters. The van der Waals surface area contributed by atoms with Gasteiger partial charge < -0.3 is 15.7 Å². The van der Waals surface area contributed by atoms with Gasteiger partial charge in [0.05, 0.1) is 0 Å². The van der Waals surface area contributed by atoms with E-state index >= 15 is 0 Å². The number of carbonyl (C=O) groups is 1. The van der Waals surface area contributed by atoms with Gasteiger partial charge in [0.2, 0.25) is 5.91 Å². The van der Waals surface area contributed by atoms with Crippen LogP contribution in [0.2, 0.25) is 0 Å². The van der Waals surface area contributed by atoms with Crippen LogP contribution < -0.4 is 10.6 Å². The summed E-state index contributed by atoms with van der Waals surface area (Å²) in [6, 6.07) is 5.70. The smallest absolute Gasteiger partial charge is 0.226 e. The maximum atomic E-state index is 11.7. The molecule has 1 heterocycles. The molecule has 4 nitrogen and oxygen atoms in total. The van der Waals surface area contributed by atoms with Gasteiger partial charge in [-0.25, -0.2) is 0 Å². The molecule has 1 aromatic rings. The van der Waals surface area contributed by atoms with Crippen LogP contribution in [0, 0.1) is 6.92 Å². The molecular weight excluding hydrogens is 216 g/mol. The van der Waals surface area contributed by atoms with Crippen molar-refractivity contribution in [1.82, 2.24) is 0 Å². The van der Waals surface area contributed by atoms with Crippen LogP contribution in [0.3, 0.4) is 0 Å². The molecule has 0 aliphatic carbocycles. The fraction of sp³-hybridized carbons (Fsp3) is 0.462. The summed E-state index contributed by atoms with van der Waals surface area (Å²) in [5, 5.41) is 7.00. The van der Waals surface area contributed by atoms with Crippen molar-refractivity contribution in [2.75, 3.05) is 24.3 Å². The number of hydrogen-bond acceptors (Lipinski definition) is 3. The molecule has 1 aliphatic heterocycles. The molecule has 0 aromatic heterocycles. The highest BCUT2D eigenvalue weighted by Gasteiger charge is 2.20. The van der Waals surface area contributed by atoms with E-state index in [-0.39, 0.29) is 5.91 Å². The number of carbonyl (C=O) groups excluding carboxylic acids is 1. The van der Waals surface area contributed by atoms with Crippen LogP contribution in [0.1, 0.15) is 24.8 Å². The minimum Gasteiger partial charge on any atom is -0.400 e. The summed E-state index contributed by atoms with van der Waals surface area (Å²) in [5.74, 6) is 0.231. The Hall–Kier alpha value is -1.55. The minimum atomic E-state index is 0.231. The second-order valence-electron chi connectivity index (χ2n) is 4.05.